The number of fused-ring (bicyclic) bond motifs is 9. The van der Waals surface area contributed by atoms with Crippen LogP contribution in [0.4, 0.5) is 0 Å². The van der Waals surface area contributed by atoms with E-state index in [4.69, 9.17) is 9.41 Å². The molecule has 0 radical (unpaired) electrons. The Morgan fingerprint density at radius 3 is 1.98 bits per heavy atom. The maximum atomic E-state index is 6.53. The molecule has 5 nitrogen and oxygen atoms in total. The molecular formula is C51H34N4OS. The van der Waals surface area contributed by atoms with Gasteiger partial charge < -0.3 is 14.3 Å². The molecule has 1 aliphatic rings. The van der Waals surface area contributed by atoms with Gasteiger partial charge in [-0.25, -0.2) is 4.99 Å². The van der Waals surface area contributed by atoms with Crippen LogP contribution >= 0.6 is 11.3 Å². The molecular weight excluding hydrogens is 717 g/mol. The lowest BCUT2D eigenvalue weighted by Gasteiger charge is -2.32. The van der Waals surface area contributed by atoms with E-state index in [0.717, 1.165) is 50.0 Å². The molecule has 57 heavy (non-hydrogen) atoms. The molecule has 8 aromatic carbocycles. The summed E-state index contributed by atoms with van der Waals surface area (Å²) in [4.78, 5) is 5.28. The van der Waals surface area contributed by atoms with Crippen molar-refractivity contribution in [1.82, 2.24) is 15.2 Å². The average molecular weight is 751 g/mol. The summed E-state index contributed by atoms with van der Waals surface area (Å²) < 4.78 is 11.5. The minimum absolute atomic E-state index is 0.129. The van der Waals surface area contributed by atoms with Crippen LogP contribution in [0.1, 0.15) is 29.0 Å². The normalized spacial score (nSPS) is 15.9. The van der Waals surface area contributed by atoms with Crippen molar-refractivity contribution < 1.29 is 4.42 Å². The number of benzene rings is 8. The molecule has 2 atom stereocenters. The molecule has 0 bridgehead atoms. The van der Waals surface area contributed by atoms with E-state index in [-0.39, 0.29) is 12.3 Å². The van der Waals surface area contributed by atoms with Gasteiger partial charge in [0, 0.05) is 48.1 Å². The zero-order valence-corrected chi connectivity index (χ0v) is 31.5. The van der Waals surface area contributed by atoms with Crippen LogP contribution in [0.25, 0.3) is 80.7 Å². The van der Waals surface area contributed by atoms with Crippen LogP contribution < -0.4 is 10.6 Å². The van der Waals surface area contributed by atoms with Crippen LogP contribution in [0.3, 0.4) is 0 Å². The zero-order chi connectivity index (χ0) is 37.5. The predicted octanol–water partition coefficient (Wildman–Crippen LogP) is 13.1. The molecule has 1 aliphatic heterocycles. The fourth-order valence-corrected chi connectivity index (χ4v) is 10.0. The SMILES string of the molecule is c1ccc(C2=NC(c3cccc4oc5ccc(-c6ccc7sc8c(-n9c%10ccccc%10c%10ccccc%109)cccc8c7c6)cc5c34)NC(c3ccccc3)N2)cc1. The number of hydrogen-bond donors (Lipinski definition) is 2. The number of rotatable bonds is 5. The minimum atomic E-state index is -0.308. The standard InChI is InChI=1S/C51H34N4OS/c1-3-13-31(14-4-1)49-52-50(32-15-5-2-6-16-32)54-51(53-49)38-20-12-24-45-47(38)40-30-33(25-27-44(40)56-45)34-26-28-46-39(29-34)37-19-11-23-43(48(37)57-46)55-41-21-9-7-17-35(41)36-18-8-10-22-42(36)55/h1-30,49,51,53H,(H,52,54). The highest BCUT2D eigenvalue weighted by Crippen LogP contribution is 2.43. The van der Waals surface area contributed by atoms with Crippen LogP contribution in [0.15, 0.2) is 191 Å². The molecule has 3 aromatic heterocycles. The Labute approximate surface area is 332 Å². The van der Waals surface area contributed by atoms with Gasteiger partial charge in [-0.05, 0) is 65.2 Å². The van der Waals surface area contributed by atoms with Crippen molar-refractivity contribution >= 4 is 81.1 Å². The Bertz CT molecular complexity index is 3320. The van der Waals surface area contributed by atoms with E-state index in [2.05, 4.69) is 191 Å². The number of furan rings is 1. The fraction of sp³-hybridized carbons (Fsp3) is 0.0392. The number of thiophene rings is 1. The monoisotopic (exact) mass is 750 g/mol. The molecule has 0 aliphatic carbocycles. The molecule has 0 amide bonds. The molecule has 4 heterocycles. The van der Waals surface area contributed by atoms with E-state index < -0.39 is 0 Å². The lowest BCUT2D eigenvalue weighted by Crippen LogP contribution is -2.44. The highest BCUT2D eigenvalue weighted by atomic mass is 32.1. The van der Waals surface area contributed by atoms with Crippen LogP contribution in [-0.2, 0) is 0 Å². The Kier molecular flexibility index (Phi) is 7.24. The number of para-hydroxylation sites is 2. The molecule has 11 aromatic rings. The van der Waals surface area contributed by atoms with E-state index in [9.17, 15) is 0 Å². The Morgan fingerprint density at radius 1 is 0.526 bits per heavy atom. The second kappa shape index (κ2) is 12.8. The van der Waals surface area contributed by atoms with Gasteiger partial charge in [0.25, 0.3) is 0 Å². The van der Waals surface area contributed by atoms with Gasteiger partial charge in [0.2, 0.25) is 0 Å². The molecule has 0 saturated heterocycles. The number of hydrogen-bond acceptors (Lipinski definition) is 5. The predicted molar refractivity (Wildman–Crippen MR) is 238 cm³/mol. The first-order valence-corrected chi connectivity index (χ1v) is 20.2. The number of aliphatic imine (C=N–C) groups is 1. The maximum Gasteiger partial charge on any atom is 0.135 e. The number of amidine groups is 1. The van der Waals surface area contributed by atoms with Gasteiger partial charge in [0.15, 0.2) is 0 Å². The lowest BCUT2D eigenvalue weighted by molar-refractivity contribution is 0.410. The summed E-state index contributed by atoms with van der Waals surface area (Å²) in [5, 5.41) is 14.7. The second-order valence-corrected chi connectivity index (χ2v) is 15.8. The van der Waals surface area contributed by atoms with Crippen molar-refractivity contribution in [2.24, 2.45) is 4.99 Å². The van der Waals surface area contributed by atoms with Gasteiger partial charge in [-0.15, -0.1) is 11.3 Å². The molecule has 2 unspecified atom stereocenters. The summed E-state index contributed by atoms with van der Waals surface area (Å²) >= 11 is 1.87. The van der Waals surface area contributed by atoms with Crippen molar-refractivity contribution in [2.45, 2.75) is 12.3 Å². The molecule has 0 saturated carbocycles. The third-order valence-corrected chi connectivity index (χ3v) is 12.7. The van der Waals surface area contributed by atoms with Crippen molar-refractivity contribution in [3.05, 3.63) is 199 Å². The first-order valence-electron chi connectivity index (χ1n) is 19.4. The number of aromatic nitrogens is 1. The first kappa shape index (κ1) is 32.3. The smallest absolute Gasteiger partial charge is 0.135 e. The molecule has 2 N–H and O–H groups in total. The van der Waals surface area contributed by atoms with E-state index in [1.807, 2.05) is 17.4 Å². The number of nitrogens with one attached hydrogen (secondary N) is 2. The van der Waals surface area contributed by atoms with Gasteiger partial charge >= 0.3 is 0 Å². The second-order valence-electron chi connectivity index (χ2n) is 14.8. The summed E-state index contributed by atoms with van der Waals surface area (Å²) in [5.74, 6) is 0.858. The first-order chi connectivity index (χ1) is 28.2. The lowest BCUT2D eigenvalue weighted by atomic mass is 9.98. The van der Waals surface area contributed by atoms with Gasteiger partial charge in [-0.1, -0.05) is 133 Å². The topological polar surface area (TPSA) is 54.5 Å². The van der Waals surface area contributed by atoms with E-state index >= 15 is 0 Å². The quantitative estimate of drug-likeness (QED) is 0.184. The summed E-state index contributed by atoms with van der Waals surface area (Å²) in [5.41, 5.74) is 11.0. The van der Waals surface area contributed by atoms with E-state index in [1.54, 1.807) is 0 Å². The van der Waals surface area contributed by atoms with Crippen LogP contribution in [-0.4, -0.2) is 10.4 Å². The van der Waals surface area contributed by atoms with Crippen LogP contribution in [0.5, 0.6) is 0 Å². The maximum absolute atomic E-state index is 6.53. The molecule has 6 heteroatoms. The molecule has 0 fully saturated rings. The average Bonchev–Trinajstić information content (AvgIpc) is 3.96. The number of nitrogens with zero attached hydrogens (tertiary/aromatic N) is 2. The van der Waals surface area contributed by atoms with Crippen molar-refractivity contribution in [1.29, 1.82) is 0 Å². The van der Waals surface area contributed by atoms with E-state index in [1.165, 1.54) is 53.2 Å². The molecule has 12 rings (SSSR count). The third kappa shape index (κ3) is 5.15. The van der Waals surface area contributed by atoms with Gasteiger partial charge in [-0.2, -0.15) is 0 Å². The highest BCUT2D eigenvalue weighted by molar-refractivity contribution is 7.26. The van der Waals surface area contributed by atoms with Crippen LogP contribution in [0, 0.1) is 0 Å². The fourth-order valence-electron chi connectivity index (χ4n) is 8.86. The largest absolute Gasteiger partial charge is 0.456 e. The van der Waals surface area contributed by atoms with Gasteiger partial charge in [0.05, 0.1) is 21.4 Å². The van der Waals surface area contributed by atoms with Crippen molar-refractivity contribution in [3.8, 4) is 16.8 Å². The Hall–Kier alpha value is -6.99. The van der Waals surface area contributed by atoms with Gasteiger partial charge in [0.1, 0.15) is 29.3 Å². The molecule has 270 valence electrons. The summed E-state index contributed by atoms with van der Waals surface area (Å²) in [6.07, 6.45) is -0.437. The summed E-state index contributed by atoms with van der Waals surface area (Å²) in [7, 11) is 0. The zero-order valence-electron chi connectivity index (χ0n) is 30.7. The molecule has 0 spiro atoms. The Balaban J connectivity index is 0.990. The summed E-state index contributed by atoms with van der Waals surface area (Å²) in [6.45, 7) is 0. The minimum Gasteiger partial charge on any atom is -0.456 e. The van der Waals surface area contributed by atoms with E-state index in [0.29, 0.717) is 0 Å². The van der Waals surface area contributed by atoms with Crippen LogP contribution in [0.2, 0.25) is 0 Å². The van der Waals surface area contributed by atoms with Crippen molar-refractivity contribution in [2.75, 3.05) is 0 Å². The highest BCUT2D eigenvalue weighted by Gasteiger charge is 2.28. The third-order valence-electron chi connectivity index (χ3n) is 11.5. The summed E-state index contributed by atoms with van der Waals surface area (Å²) in [6, 6.07) is 64.9. The van der Waals surface area contributed by atoms with Gasteiger partial charge in [-0.3, -0.25) is 5.32 Å². The van der Waals surface area contributed by atoms with Crippen molar-refractivity contribution in [3.63, 3.8) is 0 Å². The Morgan fingerprint density at radius 2 is 1.19 bits per heavy atom.